The Hall–Kier alpha value is -2.21. The van der Waals surface area contributed by atoms with Crippen molar-refractivity contribution in [1.82, 2.24) is 9.78 Å². The van der Waals surface area contributed by atoms with Gasteiger partial charge in [-0.25, -0.2) is 4.68 Å². The molecule has 0 spiro atoms. The van der Waals surface area contributed by atoms with E-state index >= 15 is 0 Å². The average molecular weight is 317 g/mol. The molecule has 1 aromatic carbocycles. The Morgan fingerprint density at radius 2 is 2.09 bits per heavy atom. The number of hydrogen-bond donors (Lipinski definition) is 2. The molecular formula is C17H23N3O3. The second-order valence-corrected chi connectivity index (χ2v) is 5.65. The molecule has 6 heteroatoms. The van der Waals surface area contributed by atoms with Crippen LogP contribution in [0.15, 0.2) is 18.2 Å². The van der Waals surface area contributed by atoms with Gasteiger partial charge in [-0.3, -0.25) is 0 Å². The minimum atomic E-state index is 0.0624. The van der Waals surface area contributed by atoms with E-state index in [1.165, 1.54) is 0 Å². The molecule has 0 fully saturated rings. The predicted molar refractivity (Wildman–Crippen MR) is 88.2 cm³/mol. The van der Waals surface area contributed by atoms with Crippen molar-refractivity contribution < 1.29 is 14.6 Å². The van der Waals surface area contributed by atoms with Crippen molar-refractivity contribution in [3.8, 4) is 11.5 Å². The summed E-state index contributed by atoms with van der Waals surface area (Å²) in [7, 11) is 0. The number of fused-ring (bicyclic) bond motifs is 1. The molecule has 1 aliphatic rings. The van der Waals surface area contributed by atoms with Crippen LogP contribution in [0.4, 0.5) is 5.82 Å². The van der Waals surface area contributed by atoms with Gasteiger partial charge >= 0.3 is 0 Å². The van der Waals surface area contributed by atoms with Gasteiger partial charge in [-0.05, 0) is 19.9 Å². The molecule has 124 valence electrons. The maximum absolute atomic E-state index is 9.19. The maximum Gasteiger partial charge on any atom is 0.166 e. The van der Waals surface area contributed by atoms with Crippen LogP contribution in [-0.2, 0) is 13.1 Å². The smallest absolute Gasteiger partial charge is 0.166 e. The molecule has 6 nitrogen and oxygen atoms in total. The number of ether oxygens (including phenoxy) is 2. The standard InChI is InChI=1S/C17H23N3O3/c1-12-13(2)19-20(7-8-21)17(12)18-11-14-5-3-6-15-16(14)23-10-4-9-22-15/h3,5-6,18,21H,4,7-11H2,1-2H3. The van der Waals surface area contributed by atoms with E-state index < -0.39 is 0 Å². The lowest BCUT2D eigenvalue weighted by Gasteiger charge is -2.15. The molecule has 3 rings (SSSR count). The average Bonchev–Trinajstić information content (AvgIpc) is 2.73. The molecule has 2 N–H and O–H groups in total. The van der Waals surface area contributed by atoms with Crippen molar-refractivity contribution in [2.24, 2.45) is 0 Å². The van der Waals surface area contributed by atoms with Gasteiger partial charge < -0.3 is 19.9 Å². The lowest BCUT2D eigenvalue weighted by molar-refractivity contribution is 0.270. The van der Waals surface area contributed by atoms with Crippen LogP contribution in [0.1, 0.15) is 23.2 Å². The molecule has 0 atom stereocenters. The van der Waals surface area contributed by atoms with Gasteiger partial charge in [0.25, 0.3) is 0 Å². The summed E-state index contributed by atoms with van der Waals surface area (Å²) in [5, 5.41) is 17.1. The highest BCUT2D eigenvalue weighted by atomic mass is 16.5. The fourth-order valence-electron chi connectivity index (χ4n) is 2.72. The number of aromatic nitrogens is 2. The summed E-state index contributed by atoms with van der Waals surface area (Å²) in [6, 6.07) is 5.96. The molecule has 0 unspecified atom stereocenters. The van der Waals surface area contributed by atoms with Gasteiger partial charge in [-0.2, -0.15) is 5.10 Å². The van der Waals surface area contributed by atoms with Crippen molar-refractivity contribution in [2.45, 2.75) is 33.4 Å². The first-order valence-electron chi connectivity index (χ1n) is 7.97. The Morgan fingerprint density at radius 1 is 1.26 bits per heavy atom. The minimum Gasteiger partial charge on any atom is -0.490 e. The number of para-hydroxylation sites is 1. The molecule has 0 amide bonds. The highest BCUT2D eigenvalue weighted by molar-refractivity contribution is 5.51. The van der Waals surface area contributed by atoms with E-state index in [0.717, 1.165) is 40.6 Å². The van der Waals surface area contributed by atoms with Crippen molar-refractivity contribution >= 4 is 5.82 Å². The fraction of sp³-hybridized carbons (Fsp3) is 0.471. The third-order valence-electron chi connectivity index (χ3n) is 4.04. The maximum atomic E-state index is 9.19. The zero-order valence-corrected chi connectivity index (χ0v) is 13.6. The first-order chi connectivity index (χ1) is 11.2. The van der Waals surface area contributed by atoms with E-state index in [2.05, 4.69) is 10.4 Å². The summed E-state index contributed by atoms with van der Waals surface area (Å²) in [6.45, 7) is 6.51. The number of benzene rings is 1. The van der Waals surface area contributed by atoms with E-state index in [1.807, 2.05) is 36.7 Å². The molecule has 2 heterocycles. The molecule has 0 saturated heterocycles. The molecule has 23 heavy (non-hydrogen) atoms. The number of nitrogens with zero attached hydrogens (tertiary/aromatic N) is 2. The predicted octanol–water partition coefficient (Wildman–Crippen LogP) is 2.27. The van der Waals surface area contributed by atoms with Crippen LogP contribution in [0.2, 0.25) is 0 Å². The van der Waals surface area contributed by atoms with E-state index in [-0.39, 0.29) is 6.61 Å². The van der Waals surface area contributed by atoms with E-state index in [4.69, 9.17) is 9.47 Å². The Kier molecular flexibility index (Phi) is 4.71. The van der Waals surface area contributed by atoms with Gasteiger partial charge in [0.2, 0.25) is 0 Å². The number of nitrogens with one attached hydrogen (secondary N) is 1. The fourth-order valence-corrected chi connectivity index (χ4v) is 2.72. The third-order valence-corrected chi connectivity index (χ3v) is 4.04. The number of aliphatic hydroxyl groups excluding tert-OH is 1. The van der Waals surface area contributed by atoms with E-state index in [9.17, 15) is 5.11 Å². The minimum absolute atomic E-state index is 0.0624. The first kappa shape index (κ1) is 15.7. The number of hydrogen-bond acceptors (Lipinski definition) is 5. The monoisotopic (exact) mass is 317 g/mol. The van der Waals surface area contributed by atoms with Gasteiger partial charge in [0, 0.05) is 24.1 Å². The SMILES string of the molecule is Cc1nn(CCO)c(NCc2cccc3c2OCCCO3)c1C. The van der Waals surface area contributed by atoms with Crippen molar-refractivity contribution in [1.29, 1.82) is 0 Å². The van der Waals surface area contributed by atoms with Gasteiger partial charge in [0.15, 0.2) is 11.5 Å². The van der Waals surface area contributed by atoms with Crippen LogP contribution in [0.25, 0.3) is 0 Å². The summed E-state index contributed by atoms with van der Waals surface area (Å²) < 4.78 is 13.4. The van der Waals surface area contributed by atoms with Crippen molar-refractivity contribution in [2.75, 3.05) is 25.1 Å². The number of aryl methyl sites for hydroxylation is 1. The zero-order chi connectivity index (χ0) is 16.2. The second-order valence-electron chi connectivity index (χ2n) is 5.65. The zero-order valence-electron chi connectivity index (χ0n) is 13.6. The highest BCUT2D eigenvalue weighted by Gasteiger charge is 2.16. The van der Waals surface area contributed by atoms with E-state index in [1.54, 1.807) is 0 Å². The molecule has 1 aliphatic heterocycles. The number of anilines is 1. The van der Waals surface area contributed by atoms with Gasteiger partial charge in [-0.1, -0.05) is 12.1 Å². The first-order valence-corrected chi connectivity index (χ1v) is 7.97. The molecule has 2 aromatic rings. The van der Waals surface area contributed by atoms with Gasteiger partial charge in [0.05, 0.1) is 32.1 Å². The van der Waals surface area contributed by atoms with Crippen molar-refractivity contribution in [3.05, 3.63) is 35.0 Å². The van der Waals surface area contributed by atoms with Crippen LogP contribution < -0.4 is 14.8 Å². The Morgan fingerprint density at radius 3 is 2.91 bits per heavy atom. The van der Waals surface area contributed by atoms with E-state index in [0.29, 0.717) is 26.3 Å². The number of rotatable bonds is 5. The van der Waals surface area contributed by atoms with Crippen molar-refractivity contribution in [3.63, 3.8) is 0 Å². The van der Waals surface area contributed by atoms with Crippen LogP contribution in [0.5, 0.6) is 11.5 Å². The summed E-state index contributed by atoms with van der Waals surface area (Å²) >= 11 is 0. The summed E-state index contributed by atoms with van der Waals surface area (Å²) in [5.41, 5.74) is 3.11. The van der Waals surface area contributed by atoms with Crippen LogP contribution in [0, 0.1) is 13.8 Å². The van der Waals surface area contributed by atoms with Crippen LogP contribution in [-0.4, -0.2) is 34.7 Å². The lowest BCUT2D eigenvalue weighted by Crippen LogP contribution is -2.11. The molecular weight excluding hydrogens is 294 g/mol. The Bertz CT molecular complexity index is 682. The quantitative estimate of drug-likeness (QED) is 0.885. The summed E-state index contributed by atoms with van der Waals surface area (Å²) in [5.74, 6) is 2.56. The normalized spacial score (nSPS) is 13.7. The van der Waals surface area contributed by atoms with Gasteiger partial charge in [0.1, 0.15) is 5.82 Å². The topological polar surface area (TPSA) is 68.5 Å². The lowest BCUT2D eigenvalue weighted by atomic mass is 10.1. The summed E-state index contributed by atoms with van der Waals surface area (Å²) in [6.07, 6.45) is 0.892. The van der Waals surface area contributed by atoms with Gasteiger partial charge in [-0.15, -0.1) is 0 Å². The Balaban J connectivity index is 1.82. The van der Waals surface area contributed by atoms with Crippen LogP contribution in [0.3, 0.4) is 0 Å². The molecule has 0 bridgehead atoms. The second kappa shape index (κ2) is 6.91. The molecule has 0 aliphatic carbocycles. The largest absolute Gasteiger partial charge is 0.490 e. The third kappa shape index (κ3) is 3.27. The highest BCUT2D eigenvalue weighted by Crippen LogP contribution is 2.33. The number of aliphatic hydroxyl groups is 1. The van der Waals surface area contributed by atoms with Crippen LogP contribution >= 0.6 is 0 Å². The summed E-state index contributed by atoms with van der Waals surface area (Å²) in [4.78, 5) is 0. The molecule has 1 aromatic heterocycles. The molecule has 0 radical (unpaired) electrons. The molecule has 0 saturated carbocycles. The Labute approximate surface area is 136 Å².